The Morgan fingerprint density at radius 3 is 2.63 bits per heavy atom. The van der Waals surface area contributed by atoms with Gasteiger partial charge in [-0.2, -0.15) is 5.10 Å². The van der Waals surface area contributed by atoms with E-state index < -0.39 is 18.0 Å². The first-order valence-corrected chi connectivity index (χ1v) is 9.44. The van der Waals surface area contributed by atoms with Gasteiger partial charge in [0.15, 0.2) is 6.10 Å². The Balaban J connectivity index is 2.06. The highest BCUT2D eigenvalue weighted by Gasteiger charge is 2.25. The van der Waals surface area contributed by atoms with Crippen LogP contribution in [0.25, 0.3) is 0 Å². The van der Waals surface area contributed by atoms with Gasteiger partial charge in [-0.25, -0.2) is 4.79 Å². The van der Waals surface area contributed by atoms with E-state index in [1.54, 1.807) is 11.6 Å². The quantitative estimate of drug-likeness (QED) is 0.708. The molecule has 0 spiro atoms. The van der Waals surface area contributed by atoms with Crippen LogP contribution in [-0.2, 0) is 16.1 Å². The standard InChI is InChI=1S/C20H26ClN3O3/c1-6-7-10-24-18(21)17(14(4)23-24)20(26)27-15(5)19(25)22-16-9-8-12(2)11-13(16)3/h8-9,11,15H,6-7,10H2,1-5H3,(H,22,25)/t15-/m1/s1. The predicted molar refractivity (Wildman–Crippen MR) is 106 cm³/mol. The zero-order valence-corrected chi connectivity index (χ0v) is 17.2. The van der Waals surface area contributed by atoms with Crippen LogP contribution < -0.4 is 5.32 Å². The lowest BCUT2D eigenvalue weighted by Gasteiger charge is -2.15. The average molecular weight is 392 g/mol. The highest BCUT2D eigenvalue weighted by molar-refractivity contribution is 6.32. The minimum Gasteiger partial charge on any atom is -0.449 e. The molecule has 1 N–H and O–H groups in total. The molecule has 0 radical (unpaired) electrons. The Morgan fingerprint density at radius 2 is 2.00 bits per heavy atom. The molecule has 0 unspecified atom stereocenters. The summed E-state index contributed by atoms with van der Waals surface area (Å²) in [5, 5.41) is 7.32. The second-order valence-electron chi connectivity index (χ2n) is 6.68. The van der Waals surface area contributed by atoms with Gasteiger partial charge in [0.2, 0.25) is 0 Å². The van der Waals surface area contributed by atoms with Gasteiger partial charge in [-0.1, -0.05) is 42.6 Å². The van der Waals surface area contributed by atoms with Gasteiger partial charge in [-0.15, -0.1) is 0 Å². The molecule has 7 heteroatoms. The fraction of sp³-hybridized carbons (Fsp3) is 0.450. The van der Waals surface area contributed by atoms with Crippen molar-refractivity contribution in [1.82, 2.24) is 9.78 Å². The number of nitrogens with zero attached hydrogens (tertiary/aromatic N) is 2. The van der Waals surface area contributed by atoms with Crippen LogP contribution in [0.4, 0.5) is 5.69 Å². The summed E-state index contributed by atoms with van der Waals surface area (Å²) in [5.41, 5.74) is 3.44. The van der Waals surface area contributed by atoms with Gasteiger partial charge in [0.1, 0.15) is 10.7 Å². The average Bonchev–Trinajstić information content (AvgIpc) is 2.88. The van der Waals surface area contributed by atoms with Crippen molar-refractivity contribution < 1.29 is 14.3 Å². The Labute approximate surface area is 164 Å². The topological polar surface area (TPSA) is 73.2 Å². The van der Waals surface area contributed by atoms with Crippen molar-refractivity contribution in [2.24, 2.45) is 0 Å². The number of benzene rings is 1. The molecule has 146 valence electrons. The summed E-state index contributed by atoms with van der Waals surface area (Å²) < 4.78 is 6.92. The van der Waals surface area contributed by atoms with E-state index in [0.29, 0.717) is 17.9 Å². The Morgan fingerprint density at radius 1 is 1.30 bits per heavy atom. The van der Waals surface area contributed by atoms with Gasteiger partial charge in [-0.05, 0) is 45.7 Å². The number of ether oxygens (including phenoxy) is 1. The molecule has 0 aliphatic rings. The van der Waals surface area contributed by atoms with E-state index >= 15 is 0 Å². The van der Waals surface area contributed by atoms with Gasteiger partial charge >= 0.3 is 5.97 Å². The maximum Gasteiger partial charge on any atom is 0.343 e. The first-order chi connectivity index (χ1) is 12.7. The van der Waals surface area contributed by atoms with Crippen LogP contribution in [0, 0.1) is 20.8 Å². The number of esters is 1. The van der Waals surface area contributed by atoms with E-state index in [-0.39, 0.29) is 10.7 Å². The zero-order valence-electron chi connectivity index (χ0n) is 16.4. The van der Waals surface area contributed by atoms with E-state index in [1.807, 2.05) is 32.0 Å². The number of halogens is 1. The van der Waals surface area contributed by atoms with Crippen molar-refractivity contribution >= 4 is 29.2 Å². The van der Waals surface area contributed by atoms with Gasteiger partial charge in [0.25, 0.3) is 5.91 Å². The maximum absolute atomic E-state index is 12.5. The third kappa shape index (κ3) is 5.10. The Hall–Kier alpha value is -2.34. The van der Waals surface area contributed by atoms with Crippen LogP contribution in [0.3, 0.4) is 0 Å². The third-order valence-corrected chi connectivity index (χ3v) is 4.67. The molecule has 1 aromatic heterocycles. The molecule has 27 heavy (non-hydrogen) atoms. The van der Waals surface area contributed by atoms with Crippen LogP contribution in [0.5, 0.6) is 0 Å². The lowest BCUT2D eigenvalue weighted by molar-refractivity contribution is -0.123. The molecular weight excluding hydrogens is 366 g/mol. The maximum atomic E-state index is 12.5. The van der Waals surface area contributed by atoms with Crippen LogP contribution >= 0.6 is 11.6 Å². The molecular formula is C20H26ClN3O3. The molecule has 0 saturated carbocycles. The predicted octanol–water partition coefficient (Wildman–Crippen LogP) is 4.45. The van der Waals surface area contributed by atoms with Crippen molar-refractivity contribution in [3.63, 3.8) is 0 Å². The van der Waals surface area contributed by atoms with Crippen LogP contribution in [-0.4, -0.2) is 27.8 Å². The van der Waals surface area contributed by atoms with Gasteiger partial charge in [0, 0.05) is 12.2 Å². The molecule has 0 saturated heterocycles. The number of aryl methyl sites for hydroxylation is 4. The molecule has 1 atom stereocenters. The molecule has 1 heterocycles. The summed E-state index contributed by atoms with van der Waals surface area (Å²) >= 11 is 6.29. The number of carbonyl (C=O) groups excluding carboxylic acids is 2. The first kappa shape index (κ1) is 21.0. The molecule has 0 aliphatic carbocycles. The van der Waals surface area contributed by atoms with E-state index in [1.165, 1.54) is 6.92 Å². The van der Waals surface area contributed by atoms with Gasteiger partial charge in [0.05, 0.1) is 5.69 Å². The number of carbonyl (C=O) groups is 2. The Bertz CT molecular complexity index is 845. The van der Waals surface area contributed by atoms with E-state index in [2.05, 4.69) is 17.3 Å². The number of rotatable bonds is 7. The SMILES string of the molecule is CCCCn1nc(C)c(C(=O)O[C@H](C)C(=O)Nc2ccc(C)cc2C)c1Cl. The lowest BCUT2D eigenvalue weighted by atomic mass is 10.1. The summed E-state index contributed by atoms with van der Waals surface area (Å²) in [5.74, 6) is -1.05. The number of amides is 1. The van der Waals surface area contributed by atoms with Crippen molar-refractivity contribution in [2.75, 3.05) is 5.32 Å². The fourth-order valence-corrected chi connectivity index (χ4v) is 3.04. The third-order valence-electron chi connectivity index (χ3n) is 4.29. The summed E-state index contributed by atoms with van der Waals surface area (Å²) in [6.07, 6.45) is 0.932. The van der Waals surface area contributed by atoms with E-state index in [4.69, 9.17) is 16.3 Å². The molecule has 0 bridgehead atoms. The fourth-order valence-electron chi connectivity index (χ4n) is 2.70. The van der Waals surface area contributed by atoms with Gasteiger partial charge < -0.3 is 10.1 Å². The molecule has 0 fully saturated rings. The molecule has 6 nitrogen and oxygen atoms in total. The summed E-state index contributed by atoms with van der Waals surface area (Å²) in [7, 11) is 0. The highest BCUT2D eigenvalue weighted by atomic mass is 35.5. The highest BCUT2D eigenvalue weighted by Crippen LogP contribution is 2.22. The Kier molecular flexibility index (Phi) is 7.02. The van der Waals surface area contributed by atoms with Crippen LogP contribution in [0.2, 0.25) is 5.15 Å². The zero-order chi connectivity index (χ0) is 20.1. The van der Waals surface area contributed by atoms with Crippen molar-refractivity contribution in [3.8, 4) is 0 Å². The molecule has 0 aliphatic heterocycles. The smallest absolute Gasteiger partial charge is 0.343 e. The van der Waals surface area contributed by atoms with E-state index in [0.717, 1.165) is 24.0 Å². The first-order valence-electron chi connectivity index (χ1n) is 9.06. The van der Waals surface area contributed by atoms with Crippen molar-refractivity contribution in [2.45, 2.75) is 60.1 Å². The summed E-state index contributed by atoms with van der Waals surface area (Å²) in [6, 6.07) is 5.71. The number of nitrogens with one attached hydrogen (secondary N) is 1. The normalized spacial score (nSPS) is 11.9. The molecule has 2 aromatic rings. The second-order valence-corrected chi connectivity index (χ2v) is 7.04. The number of hydrogen-bond acceptors (Lipinski definition) is 4. The summed E-state index contributed by atoms with van der Waals surface area (Å²) in [6.45, 7) is 9.82. The second kappa shape index (κ2) is 9.04. The number of aromatic nitrogens is 2. The largest absolute Gasteiger partial charge is 0.449 e. The van der Waals surface area contributed by atoms with Crippen LogP contribution in [0.15, 0.2) is 18.2 Å². The minimum absolute atomic E-state index is 0.207. The number of hydrogen-bond donors (Lipinski definition) is 1. The molecule has 1 amide bonds. The summed E-state index contributed by atoms with van der Waals surface area (Å²) in [4.78, 5) is 24.9. The van der Waals surface area contributed by atoms with E-state index in [9.17, 15) is 9.59 Å². The number of unbranched alkanes of at least 4 members (excludes halogenated alkanes) is 1. The molecule has 1 aromatic carbocycles. The number of anilines is 1. The minimum atomic E-state index is -0.965. The van der Waals surface area contributed by atoms with Crippen molar-refractivity contribution in [1.29, 1.82) is 0 Å². The molecule has 2 rings (SSSR count). The monoisotopic (exact) mass is 391 g/mol. The van der Waals surface area contributed by atoms with Gasteiger partial charge in [-0.3, -0.25) is 9.48 Å². The lowest BCUT2D eigenvalue weighted by Crippen LogP contribution is -2.30. The van der Waals surface area contributed by atoms with Crippen LogP contribution in [0.1, 0.15) is 53.9 Å². The van der Waals surface area contributed by atoms with Crippen molar-refractivity contribution in [3.05, 3.63) is 45.7 Å².